The van der Waals surface area contributed by atoms with Crippen molar-refractivity contribution in [3.05, 3.63) is 94.8 Å². The van der Waals surface area contributed by atoms with E-state index in [1.807, 2.05) is 50.2 Å². The lowest BCUT2D eigenvalue weighted by molar-refractivity contribution is 0.0948. The van der Waals surface area contributed by atoms with Gasteiger partial charge in [-0.05, 0) is 61.6 Å². The van der Waals surface area contributed by atoms with Crippen LogP contribution in [0.1, 0.15) is 44.0 Å². The summed E-state index contributed by atoms with van der Waals surface area (Å²) < 4.78 is 0. The Kier molecular flexibility index (Phi) is 6.74. The van der Waals surface area contributed by atoms with Gasteiger partial charge in [-0.15, -0.1) is 0 Å². The van der Waals surface area contributed by atoms with Gasteiger partial charge in [0.1, 0.15) is 5.69 Å². The monoisotopic (exact) mass is 387 g/mol. The van der Waals surface area contributed by atoms with Crippen LogP contribution in [0, 0.1) is 13.8 Å². The molecule has 5 nitrogen and oxygen atoms in total. The number of carbonyl (C=O) groups excluding carboxylic acids is 2. The second-order valence-electron chi connectivity index (χ2n) is 7.05. The number of nitrogens with zero attached hydrogens (tertiary/aromatic N) is 1. The molecule has 0 aliphatic rings. The van der Waals surface area contributed by atoms with E-state index in [1.165, 1.54) is 17.8 Å². The van der Waals surface area contributed by atoms with Crippen molar-refractivity contribution in [2.45, 2.75) is 26.7 Å². The summed E-state index contributed by atoms with van der Waals surface area (Å²) in [6.07, 6.45) is 3.21. The minimum atomic E-state index is -0.278. The molecular formula is C24H25N3O2. The topological polar surface area (TPSA) is 71.1 Å². The van der Waals surface area contributed by atoms with Crippen LogP contribution in [-0.4, -0.2) is 23.3 Å². The Morgan fingerprint density at radius 1 is 0.931 bits per heavy atom. The number of carbonyl (C=O) groups is 2. The molecule has 1 aromatic heterocycles. The predicted molar refractivity (Wildman–Crippen MR) is 115 cm³/mol. The summed E-state index contributed by atoms with van der Waals surface area (Å²) in [6, 6.07) is 19.2. The highest BCUT2D eigenvalue weighted by molar-refractivity contribution is 6.06. The lowest BCUT2D eigenvalue weighted by atomic mass is 10.1. The first-order valence-electron chi connectivity index (χ1n) is 9.70. The first kappa shape index (κ1) is 20.3. The maximum Gasteiger partial charge on any atom is 0.269 e. The van der Waals surface area contributed by atoms with Crippen LogP contribution in [0.3, 0.4) is 0 Å². The molecule has 29 heavy (non-hydrogen) atoms. The van der Waals surface area contributed by atoms with Crippen molar-refractivity contribution in [2.75, 3.05) is 11.9 Å². The fraction of sp³-hybridized carbons (Fsp3) is 0.208. The van der Waals surface area contributed by atoms with Crippen molar-refractivity contribution in [3.63, 3.8) is 0 Å². The number of benzene rings is 2. The van der Waals surface area contributed by atoms with Gasteiger partial charge in [-0.2, -0.15) is 0 Å². The van der Waals surface area contributed by atoms with Gasteiger partial charge in [0.05, 0.1) is 0 Å². The third-order valence-corrected chi connectivity index (χ3v) is 4.67. The Morgan fingerprint density at radius 3 is 2.52 bits per heavy atom. The molecule has 0 radical (unpaired) electrons. The van der Waals surface area contributed by atoms with Crippen molar-refractivity contribution in [2.24, 2.45) is 0 Å². The summed E-state index contributed by atoms with van der Waals surface area (Å²) in [4.78, 5) is 29.1. The van der Waals surface area contributed by atoms with E-state index in [1.54, 1.807) is 6.07 Å². The molecule has 0 saturated carbocycles. The van der Waals surface area contributed by atoms with E-state index in [9.17, 15) is 9.59 Å². The molecular weight excluding hydrogens is 362 g/mol. The number of amides is 2. The van der Waals surface area contributed by atoms with Gasteiger partial charge in [0, 0.05) is 24.0 Å². The Labute approximate surface area is 171 Å². The fourth-order valence-corrected chi connectivity index (χ4v) is 2.99. The molecule has 0 fully saturated rings. The van der Waals surface area contributed by atoms with E-state index < -0.39 is 0 Å². The Bertz CT molecular complexity index is 1000. The van der Waals surface area contributed by atoms with Gasteiger partial charge in [-0.1, -0.05) is 42.5 Å². The first-order valence-corrected chi connectivity index (χ1v) is 9.70. The van der Waals surface area contributed by atoms with Crippen molar-refractivity contribution >= 4 is 17.5 Å². The molecule has 1 heterocycles. The van der Waals surface area contributed by atoms with Crippen LogP contribution in [0.25, 0.3) is 0 Å². The first-order chi connectivity index (χ1) is 14.0. The van der Waals surface area contributed by atoms with Gasteiger partial charge in [0.25, 0.3) is 11.8 Å². The van der Waals surface area contributed by atoms with Crippen LogP contribution in [0.15, 0.2) is 66.9 Å². The van der Waals surface area contributed by atoms with E-state index in [0.29, 0.717) is 12.1 Å². The standard InChI is InChI=1S/C24H25N3O2/c1-17-10-11-18(2)21(15-17)27-23(28)20-12-14-25-22(16-20)24(29)26-13-6-9-19-7-4-3-5-8-19/h3-5,7-8,10-12,14-16H,6,9,13H2,1-2H3,(H,26,29)(H,27,28). The molecule has 0 unspecified atom stereocenters. The molecule has 0 aliphatic carbocycles. The second-order valence-corrected chi connectivity index (χ2v) is 7.05. The van der Waals surface area contributed by atoms with E-state index in [0.717, 1.165) is 29.7 Å². The number of nitrogens with one attached hydrogen (secondary N) is 2. The summed E-state index contributed by atoms with van der Waals surface area (Å²) in [5.41, 5.74) is 4.68. The molecule has 2 aromatic carbocycles. The van der Waals surface area contributed by atoms with Crippen molar-refractivity contribution < 1.29 is 9.59 Å². The van der Waals surface area contributed by atoms with E-state index in [2.05, 4.69) is 27.8 Å². The minimum Gasteiger partial charge on any atom is -0.351 e. The maximum atomic E-state index is 12.6. The zero-order valence-corrected chi connectivity index (χ0v) is 16.7. The van der Waals surface area contributed by atoms with Crippen molar-refractivity contribution in [3.8, 4) is 0 Å². The summed E-state index contributed by atoms with van der Waals surface area (Å²) >= 11 is 0. The molecule has 2 amide bonds. The summed E-state index contributed by atoms with van der Waals surface area (Å²) in [7, 11) is 0. The number of anilines is 1. The Balaban J connectivity index is 1.57. The van der Waals surface area contributed by atoms with Gasteiger partial charge in [-0.3, -0.25) is 14.6 Å². The van der Waals surface area contributed by atoms with Crippen LogP contribution in [0.2, 0.25) is 0 Å². The molecule has 148 valence electrons. The van der Waals surface area contributed by atoms with Gasteiger partial charge < -0.3 is 10.6 Å². The largest absolute Gasteiger partial charge is 0.351 e. The van der Waals surface area contributed by atoms with E-state index >= 15 is 0 Å². The minimum absolute atomic E-state index is 0.235. The van der Waals surface area contributed by atoms with E-state index in [-0.39, 0.29) is 17.5 Å². The highest BCUT2D eigenvalue weighted by atomic mass is 16.2. The lowest BCUT2D eigenvalue weighted by Gasteiger charge is -2.10. The van der Waals surface area contributed by atoms with Crippen LogP contribution in [0.4, 0.5) is 5.69 Å². The number of aromatic nitrogens is 1. The van der Waals surface area contributed by atoms with Crippen LogP contribution >= 0.6 is 0 Å². The molecule has 0 bridgehead atoms. The van der Waals surface area contributed by atoms with Crippen LogP contribution in [0.5, 0.6) is 0 Å². The number of aryl methyl sites for hydroxylation is 3. The fourth-order valence-electron chi connectivity index (χ4n) is 2.99. The Morgan fingerprint density at radius 2 is 1.72 bits per heavy atom. The van der Waals surface area contributed by atoms with Crippen molar-refractivity contribution in [1.29, 1.82) is 0 Å². The maximum absolute atomic E-state index is 12.6. The lowest BCUT2D eigenvalue weighted by Crippen LogP contribution is -2.26. The zero-order chi connectivity index (χ0) is 20.6. The summed E-state index contributed by atoms with van der Waals surface area (Å²) in [5, 5.41) is 5.77. The molecule has 0 aliphatic heterocycles. The zero-order valence-electron chi connectivity index (χ0n) is 16.7. The van der Waals surface area contributed by atoms with Gasteiger partial charge in [-0.25, -0.2) is 0 Å². The third kappa shape index (κ3) is 5.75. The van der Waals surface area contributed by atoms with Gasteiger partial charge in [0.2, 0.25) is 0 Å². The number of pyridine rings is 1. The smallest absolute Gasteiger partial charge is 0.269 e. The Hall–Kier alpha value is -3.47. The highest BCUT2D eigenvalue weighted by Gasteiger charge is 2.12. The average Bonchev–Trinajstić information content (AvgIpc) is 2.74. The SMILES string of the molecule is Cc1ccc(C)c(NC(=O)c2ccnc(C(=O)NCCCc3ccccc3)c2)c1. The van der Waals surface area contributed by atoms with Gasteiger partial charge >= 0.3 is 0 Å². The molecule has 0 spiro atoms. The molecule has 3 aromatic rings. The molecule has 5 heteroatoms. The third-order valence-electron chi connectivity index (χ3n) is 4.67. The molecule has 3 rings (SSSR count). The molecule has 0 saturated heterocycles. The summed E-state index contributed by atoms with van der Waals surface area (Å²) in [5.74, 6) is -0.543. The number of rotatable bonds is 7. The van der Waals surface area contributed by atoms with Gasteiger partial charge in [0.15, 0.2) is 0 Å². The van der Waals surface area contributed by atoms with E-state index in [4.69, 9.17) is 0 Å². The van der Waals surface area contributed by atoms with Crippen molar-refractivity contribution in [1.82, 2.24) is 10.3 Å². The average molecular weight is 387 g/mol. The number of hydrogen-bond acceptors (Lipinski definition) is 3. The normalized spacial score (nSPS) is 10.4. The predicted octanol–water partition coefficient (Wildman–Crippen LogP) is 4.31. The molecule has 2 N–H and O–H groups in total. The highest BCUT2D eigenvalue weighted by Crippen LogP contribution is 2.17. The summed E-state index contributed by atoms with van der Waals surface area (Å²) in [6.45, 7) is 4.46. The molecule has 0 atom stereocenters. The van der Waals surface area contributed by atoms with Crippen LogP contribution < -0.4 is 10.6 Å². The quantitative estimate of drug-likeness (QED) is 0.593. The van der Waals surface area contributed by atoms with Crippen LogP contribution in [-0.2, 0) is 6.42 Å². The second kappa shape index (κ2) is 9.64. The number of hydrogen-bond donors (Lipinski definition) is 2.